The molecule has 0 heterocycles. The fraction of sp³-hybridized carbons (Fsp3) is 0.107. The largest absolute Gasteiger partial charge is 0.488 e. The van der Waals surface area contributed by atoms with Gasteiger partial charge in [0, 0.05) is 11.1 Å². The van der Waals surface area contributed by atoms with Crippen LogP contribution in [0.2, 0.25) is 0 Å². The second-order valence-corrected chi connectivity index (χ2v) is 7.96. The van der Waals surface area contributed by atoms with E-state index in [1.165, 1.54) is 18.3 Å². The van der Waals surface area contributed by atoms with Crippen molar-refractivity contribution >= 4 is 28.8 Å². The third-order valence-corrected chi connectivity index (χ3v) is 5.31. The fourth-order valence-corrected chi connectivity index (χ4v) is 3.53. The monoisotopic (exact) mass is 469 g/mol. The molecule has 7 heteroatoms. The zero-order chi connectivity index (χ0) is 24.6. The number of nitrogens with zero attached hydrogens (tertiary/aromatic N) is 1. The number of carbonyl (C=O) groups excluding carboxylic acids is 2. The van der Waals surface area contributed by atoms with E-state index in [-0.39, 0.29) is 24.9 Å². The van der Waals surface area contributed by atoms with Gasteiger partial charge in [-0.3, -0.25) is 9.59 Å². The van der Waals surface area contributed by atoms with E-state index in [1.54, 1.807) is 30.3 Å². The van der Waals surface area contributed by atoms with Gasteiger partial charge in [-0.15, -0.1) is 0 Å². The first-order chi connectivity index (χ1) is 17.0. The van der Waals surface area contributed by atoms with Crippen LogP contribution in [0.4, 0.5) is 4.39 Å². The van der Waals surface area contributed by atoms with Crippen LogP contribution >= 0.6 is 0 Å². The zero-order valence-electron chi connectivity index (χ0n) is 19.1. The molecule has 0 aliphatic rings. The molecule has 2 amide bonds. The molecular formula is C28H24FN3O3. The average molecular weight is 470 g/mol. The van der Waals surface area contributed by atoms with Gasteiger partial charge in [0.2, 0.25) is 0 Å². The van der Waals surface area contributed by atoms with Crippen LogP contribution in [0.5, 0.6) is 5.75 Å². The van der Waals surface area contributed by atoms with Crippen LogP contribution in [-0.2, 0) is 11.4 Å². The summed E-state index contributed by atoms with van der Waals surface area (Å²) >= 11 is 0. The number of rotatable bonds is 8. The Bertz CT molecular complexity index is 1380. The molecule has 0 aliphatic carbocycles. The van der Waals surface area contributed by atoms with E-state index in [4.69, 9.17) is 4.74 Å². The molecule has 0 bridgehead atoms. The number of hydrogen-bond donors (Lipinski definition) is 2. The third kappa shape index (κ3) is 6.29. The van der Waals surface area contributed by atoms with E-state index in [9.17, 15) is 14.0 Å². The Kier molecular flexibility index (Phi) is 7.47. The van der Waals surface area contributed by atoms with E-state index < -0.39 is 5.91 Å². The molecule has 4 rings (SSSR count). The Morgan fingerprint density at radius 2 is 1.77 bits per heavy atom. The highest BCUT2D eigenvalue weighted by Crippen LogP contribution is 2.27. The maximum Gasteiger partial charge on any atom is 0.259 e. The average Bonchev–Trinajstić information content (AvgIpc) is 2.87. The highest BCUT2D eigenvalue weighted by atomic mass is 19.1. The zero-order valence-corrected chi connectivity index (χ0v) is 19.1. The van der Waals surface area contributed by atoms with E-state index in [1.807, 2.05) is 49.4 Å². The number of ether oxygens (including phenoxy) is 1. The topological polar surface area (TPSA) is 79.8 Å². The van der Waals surface area contributed by atoms with Gasteiger partial charge < -0.3 is 10.1 Å². The quantitative estimate of drug-likeness (QED) is 0.289. The van der Waals surface area contributed by atoms with Crippen molar-refractivity contribution in [3.63, 3.8) is 0 Å². The Balaban J connectivity index is 1.43. The van der Waals surface area contributed by atoms with Crippen LogP contribution in [0.1, 0.15) is 27.0 Å². The highest BCUT2D eigenvalue weighted by Gasteiger charge is 2.10. The minimum absolute atomic E-state index is 0.215. The number of hydrogen-bond acceptors (Lipinski definition) is 4. The van der Waals surface area contributed by atoms with Crippen LogP contribution in [0.15, 0.2) is 90.0 Å². The van der Waals surface area contributed by atoms with Crippen LogP contribution in [-0.4, -0.2) is 24.6 Å². The van der Waals surface area contributed by atoms with E-state index in [2.05, 4.69) is 15.8 Å². The first kappa shape index (κ1) is 23.6. The van der Waals surface area contributed by atoms with Crippen LogP contribution in [0, 0.1) is 12.7 Å². The Morgan fingerprint density at radius 1 is 0.971 bits per heavy atom. The van der Waals surface area contributed by atoms with Crippen molar-refractivity contribution in [1.82, 2.24) is 10.7 Å². The number of nitrogens with one attached hydrogen (secondary N) is 2. The molecule has 0 unspecified atom stereocenters. The Hall–Kier alpha value is -4.52. The predicted molar refractivity (Wildman–Crippen MR) is 134 cm³/mol. The van der Waals surface area contributed by atoms with E-state index >= 15 is 0 Å². The van der Waals surface area contributed by atoms with Gasteiger partial charge in [0.05, 0.1) is 12.8 Å². The summed E-state index contributed by atoms with van der Waals surface area (Å²) in [7, 11) is 0. The lowest BCUT2D eigenvalue weighted by Gasteiger charge is -2.12. The molecule has 0 saturated carbocycles. The normalized spacial score (nSPS) is 10.9. The lowest BCUT2D eigenvalue weighted by atomic mass is 10.0. The van der Waals surface area contributed by atoms with Gasteiger partial charge in [-0.2, -0.15) is 5.10 Å². The van der Waals surface area contributed by atoms with Crippen molar-refractivity contribution in [1.29, 1.82) is 0 Å². The molecule has 0 spiro atoms. The Morgan fingerprint density at radius 3 is 2.57 bits per heavy atom. The molecule has 176 valence electrons. The molecule has 6 nitrogen and oxygen atoms in total. The van der Waals surface area contributed by atoms with Crippen LogP contribution < -0.4 is 15.5 Å². The predicted octanol–water partition coefficient (Wildman–Crippen LogP) is 4.75. The smallest absolute Gasteiger partial charge is 0.259 e. The van der Waals surface area contributed by atoms with Crippen molar-refractivity contribution in [3.8, 4) is 5.75 Å². The lowest BCUT2D eigenvalue weighted by molar-refractivity contribution is -0.120. The van der Waals surface area contributed by atoms with Crippen LogP contribution in [0.3, 0.4) is 0 Å². The van der Waals surface area contributed by atoms with Gasteiger partial charge >= 0.3 is 0 Å². The number of hydrazone groups is 1. The minimum atomic E-state index is -0.462. The van der Waals surface area contributed by atoms with E-state index in [0.29, 0.717) is 16.9 Å². The molecular weight excluding hydrogens is 445 g/mol. The molecule has 0 saturated heterocycles. The van der Waals surface area contributed by atoms with Gasteiger partial charge in [-0.25, -0.2) is 9.82 Å². The summed E-state index contributed by atoms with van der Waals surface area (Å²) in [4.78, 5) is 24.4. The fourth-order valence-electron chi connectivity index (χ4n) is 3.53. The second-order valence-electron chi connectivity index (χ2n) is 7.96. The molecule has 4 aromatic rings. The number of fused-ring (bicyclic) bond motifs is 1. The summed E-state index contributed by atoms with van der Waals surface area (Å²) in [6, 6.07) is 24.7. The SMILES string of the molecule is Cc1cccc(C(=O)NCC(=O)N/N=C/c2c(OCc3ccc(F)cc3)ccc3ccccc23)c1. The second kappa shape index (κ2) is 11.1. The van der Waals surface area contributed by atoms with E-state index in [0.717, 1.165) is 21.9 Å². The summed E-state index contributed by atoms with van der Waals surface area (Å²) < 4.78 is 19.2. The molecule has 0 fully saturated rings. The molecule has 0 aliphatic heterocycles. The summed E-state index contributed by atoms with van der Waals surface area (Å²) in [6.45, 7) is 1.92. The van der Waals surface area contributed by atoms with Gasteiger partial charge in [0.15, 0.2) is 0 Å². The van der Waals surface area contributed by atoms with Gasteiger partial charge in [0.1, 0.15) is 18.2 Å². The number of halogens is 1. The maximum absolute atomic E-state index is 13.2. The van der Waals surface area contributed by atoms with Crippen LogP contribution in [0.25, 0.3) is 10.8 Å². The first-order valence-corrected chi connectivity index (χ1v) is 11.1. The first-order valence-electron chi connectivity index (χ1n) is 11.1. The number of aryl methyl sites for hydroxylation is 1. The van der Waals surface area contributed by atoms with Crippen molar-refractivity contribution in [2.24, 2.45) is 5.10 Å². The standard InChI is InChI=1S/C28H24FN3O3/c1-19-5-4-7-22(15-19)28(34)30-17-27(33)32-31-16-25-24-8-3-2-6-21(24)11-14-26(25)35-18-20-9-12-23(29)13-10-20/h2-16H,17-18H2,1H3,(H,30,34)(H,32,33)/b31-16+. The summed E-state index contributed by atoms with van der Waals surface area (Å²) in [5, 5.41) is 8.54. The van der Waals surface area contributed by atoms with Crippen molar-refractivity contribution in [2.75, 3.05) is 6.54 Å². The number of carbonyl (C=O) groups is 2. The minimum Gasteiger partial charge on any atom is -0.488 e. The summed E-state index contributed by atoms with van der Waals surface area (Å²) in [6.07, 6.45) is 1.52. The Labute approximate surface area is 202 Å². The molecule has 4 aromatic carbocycles. The summed E-state index contributed by atoms with van der Waals surface area (Å²) in [5.74, 6) is -0.536. The maximum atomic E-state index is 13.2. The lowest BCUT2D eigenvalue weighted by Crippen LogP contribution is -2.34. The molecule has 35 heavy (non-hydrogen) atoms. The van der Waals surface area contributed by atoms with Gasteiger partial charge in [-0.1, -0.05) is 60.2 Å². The number of benzene rings is 4. The molecule has 0 radical (unpaired) electrons. The molecule has 0 aromatic heterocycles. The molecule has 0 atom stereocenters. The van der Waals surface area contributed by atoms with Gasteiger partial charge in [0.25, 0.3) is 11.8 Å². The highest BCUT2D eigenvalue weighted by molar-refractivity contribution is 6.03. The molecule has 2 N–H and O–H groups in total. The van der Waals surface area contributed by atoms with Crippen molar-refractivity contribution < 1.29 is 18.7 Å². The van der Waals surface area contributed by atoms with Crippen molar-refractivity contribution in [2.45, 2.75) is 13.5 Å². The third-order valence-electron chi connectivity index (χ3n) is 5.31. The summed E-state index contributed by atoms with van der Waals surface area (Å²) in [5.41, 5.74) is 5.39. The van der Waals surface area contributed by atoms with Crippen molar-refractivity contribution in [3.05, 3.63) is 113 Å². The number of amides is 2. The van der Waals surface area contributed by atoms with Gasteiger partial charge in [-0.05, 0) is 53.6 Å².